The highest BCUT2D eigenvalue weighted by Crippen LogP contribution is 2.22. The number of rotatable bonds is 4. The lowest BCUT2D eigenvalue weighted by atomic mass is 9.88. The lowest BCUT2D eigenvalue weighted by molar-refractivity contribution is 0.196. The van der Waals surface area contributed by atoms with Gasteiger partial charge < -0.3 is 15.5 Å². The number of aromatic nitrogens is 3. The van der Waals surface area contributed by atoms with Gasteiger partial charge in [-0.3, -0.25) is 4.90 Å². The Kier molecular flexibility index (Phi) is 3.51. The van der Waals surface area contributed by atoms with E-state index in [-0.39, 0.29) is 11.3 Å². The highest BCUT2D eigenvalue weighted by molar-refractivity contribution is 5.85. The maximum atomic E-state index is 8.74. The minimum atomic E-state index is -0.292. The molecule has 1 aromatic rings. The largest absolute Gasteiger partial charge is 0.409 e. The molecule has 0 atom stereocenters. The predicted octanol–water partition coefficient (Wildman–Crippen LogP) is 0.256. The SMILES string of the molecule is CC(C)(CCN1CCn2cnnc2C1)C(N)=NO. The predicted molar refractivity (Wildman–Crippen MR) is 67.1 cm³/mol. The van der Waals surface area contributed by atoms with Crippen LogP contribution < -0.4 is 5.73 Å². The zero-order chi connectivity index (χ0) is 13.2. The maximum absolute atomic E-state index is 8.74. The lowest BCUT2D eigenvalue weighted by Gasteiger charge is -2.30. The van der Waals surface area contributed by atoms with Gasteiger partial charge in [-0.2, -0.15) is 0 Å². The van der Waals surface area contributed by atoms with Crippen LogP contribution in [0.1, 0.15) is 26.1 Å². The molecule has 0 amide bonds. The van der Waals surface area contributed by atoms with Crippen molar-refractivity contribution >= 4 is 5.84 Å². The Balaban J connectivity index is 1.89. The molecule has 2 heterocycles. The first-order valence-corrected chi connectivity index (χ1v) is 6.10. The Morgan fingerprint density at radius 2 is 2.33 bits per heavy atom. The standard InChI is InChI=1S/C11H20N6O/c1-11(2,10(12)15-18)3-4-16-5-6-17-8-13-14-9(17)7-16/h8,18H,3-7H2,1-2H3,(H2,12,15). The van der Waals surface area contributed by atoms with Crippen molar-refractivity contribution in [3.63, 3.8) is 0 Å². The van der Waals surface area contributed by atoms with Gasteiger partial charge in [0.1, 0.15) is 18.0 Å². The number of nitrogens with two attached hydrogens (primary N) is 1. The van der Waals surface area contributed by atoms with Gasteiger partial charge in [0, 0.05) is 18.5 Å². The minimum absolute atomic E-state index is 0.280. The fourth-order valence-corrected chi connectivity index (χ4v) is 2.01. The van der Waals surface area contributed by atoms with Crippen molar-refractivity contribution < 1.29 is 5.21 Å². The van der Waals surface area contributed by atoms with Gasteiger partial charge in [-0.05, 0) is 13.0 Å². The van der Waals surface area contributed by atoms with Crippen molar-refractivity contribution in [1.82, 2.24) is 19.7 Å². The van der Waals surface area contributed by atoms with E-state index in [1.807, 2.05) is 13.8 Å². The van der Waals surface area contributed by atoms with Crippen LogP contribution in [0.4, 0.5) is 0 Å². The van der Waals surface area contributed by atoms with E-state index in [1.54, 1.807) is 6.33 Å². The van der Waals surface area contributed by atoms with Crippen LogP contribution in [0.25, 0.3) is 0 Å². The molecule has 18 heavy (non-hydrogen) atoms. The van der Waals surface area contributed by atoms with Gasteiger partial charge in [-0.25, -0.2) is 0 Å². The van der Waals surface area contributed by atoms with Gasteiger partial charge in [0.2, 0.25) is 0 Å². The van der Waals surface area contributed by atoms with Crippen LogP contribution in [-0.4, -0.2) is 43.8 Å². The zero-order valence-corrected chi connectivity index (χ0v) is 10.9. The Hall–Kier alpha value is -1.63. The molecule has 0 unspecified atom stereocenters. The van der Waals surface area contributed by atoms with E-state index in [0.717, 1.165) is 38.4 Å². The molecule has 7 heteroatoms. The summed E-state index contributed by atoms with van der Waals surface area (Å²) in [5.74, 6) is 1.28. The van der Waals surface area contributed by atoms with Crippen molar-refractivity contribution in [2.45, 2.75) is 33.4 Å². The van der Waals surface area contributed by atoms with Gasteiger partial charge in [0.25, 0.3) is 0 Å². The second-order valence-electron chi connectivity index (χ2n) is 5.34. The average Bonchev–Trinajstić information content (AvgIpc) is 2.82. The van der Waals surface area contributed by atoms with E-state index in [1.165, 1.54) is 0 Å². The summed E-state index contributed by atoms with van der Waals surface area (Å²) in [7, 11) is 0. The number of hydrogen-bond acceptors (Lipinski definition) is 5. The second-order valence-corrected chi connectivity index (χ2v) is 5.34. The third kappa shape index (κ3) is 2.61. The van der Waals surface area contributed by atoms with Gasteiger partial charge in [-0.1, -0.05) is 19.0 Å². The molecule has 0 radical (unpaired) electrons. The number of amidine groups is 1. The van der Waals surface area contributed by atoms with Crippen molar-refractivity contribution in [2.75, 3.05) is 13.1 Å². The Morgan fingerprint density at radius 1 is 1.56 bits per heavy atom. The number of hydrogen-bond donors (Lipinski definition) is 2. The fraction of sp³-hybridized carbons (Fsp3) is 0.727. The summed E-state index contributed by atoms with van der Waals surface area (Å²) in [6, 6.07) is 0. The summed E-state index contributed by atoms with van der Waals surface area (Å²) in [4.78, 5) is 2.32. The van der Waals surface area contributed by atoms with Crippen LogP contribution >= 0.6 is 0 Å². The third-order valence-corrected chi connectivity index (χ3v) is 3.57. The molecule has 0 saturated heterocycles. The Bertz CT molecular complexity index is 438. The van der Waals surface area contributed by atoms with Gasteiger partial charge >= 0.3 is 0 Å². The van der Waals surface area contributed by atoms with E-state index >= 15 is 0 Å². The molecule has 100 valence electrons. The number of oxime groups is 1. The topological polar surface area (TPSA) is 92.6 Å². The third-order valence-electron chi connectivity index (χ3n) is 3.57. The summed E-state index contributed by atoms with van der Waals surface area (Å²) in [6.45, 7) is 7.58. The molecule has 0 aliphatic carbocycles. The first kappa shape index (κ1) is 12.8. The molecule has 0 bridgehead atoms. The van der Waals surface area contributed by atoms with Gasteiger partial charge in [-0.15, -0.1) is 10.2 Å². The van der Waals surface area contributed by atoms with Crippen LogP contribution in [0.3, 0.4) is 0 Å². The van der Waals surface area contributed by atoms with Crippen LogP contribution in [0.15, 0.2) is 11.5 Å². The Labute approximate surface area is 106 Å². The number of nitrogens with zero attached hydrogens (tertiary/aromatic N) is 5. The first-order chi connectivity index (χ1) is 8.53. The molecular formula is C11H20N6O. The highest BCUT2D eigenvalue weighted by atomic mass is 16.4. The van der Waals surface area contributed by atoms with E-state index in [9.17, 15) is 0 Å². The minimum Gasteiger partial charge on any atom is -0.409 e. The Morgan fingerprint density at radius 3 is 3.06 bits per heavy atom. The molecule has 1 aliphatic rings. The fourth-order valence-electron chi connectivity index (χ4n) is 2.01. The zero-order valence-electron chi connectivity index (χ0n) is 10.9. The monoisotopic (exact) mass is 252 g/mol. The van der Waals surface area contributed by atoms with E-state index in [2.05, 4.69) is 24.8 Å². The highest BCUT2D eigenvalue weighted by Gasteiger charge is 2.25. The van der Waals surface area contributed by atoms with Crippen molar-refractivity contribution in [1.29, 1.82) is 0 Å². The normalized spacial score (nSPS) is 17.8. The van der Waals surface area contributed by atoms with Crippen molar-refractivity contribution in [3.8, 4) is 0 Å². The summed E-state index contributed by atoms with van der Waals surface area (Å²) in [6.07, 6.45) is 2.62. The molecule has 0 spiro atoms. The molecule has 1 aromatic heterocycles. The molecule has 0 fully saturated rings. The molecule has 7 nitrogen and oxygen atoms in total. The lowest BCUT2D eigenvalue weighted by Crippen LogP contribution is -2.39. The maximum Gasteiger partial charge on any atom is 0.147 e. The molecule has 1 aliphatic heterocycles. The van der Waals surface area contributed by atoms with Crippen LogP contribution in [0, 0.1) is 5.41 Å². The van der Waals surface area contributed by atoms with Gasteiger partial charge in [0.15, 0.2) is 0 Å². The molecular weight excluding hydrogens is 232 g/mol. The summed E-state index contributed by atoms with van der Waals surface area (Å²) < 4.78 is 2.07. The summed E-state index contributed by atoms with van der Waals surface area (Å²) >= 11 is 0. The van der Waals surface area contributed by atoms with Crippen LogP contribution in [-0.2, 0) is 13.1 Å². The average molecular weight is 252 g/mol. The van der Waals surface area contributed by atoms with Crippen LogP contribution in [0.5, 0.6) is 0 Å². The smallest absolute Gasteiger partial charge is 0.147 e. The quantitative estimate of drug-likeness (QED) is 0.347. The van der Waals surface area contributed by atoms with E-state index in [0.29, 0.717) is 0 Å². The van der Waals surface area contributed by atoms with Crippen LogP contribution in [0.2, 0.25) is 0 Å². The molecule has 2 rings (SSSR count). The van der Waals surface area contributed by atoms with E-state index in [4.69, 9.17) is 10.9 Å². The summed E-state index contributed by atoms with van der Waals surface area (Å²) in [5, 5.41) is 19.8. The summed E-state index contributed by atoms with van der Waals surface area (Å²) in [5.41, 5.74) is 5.39. The van der Waals surface area contributed by atoms with Crippen molar-refractivity contribution in [3.05, 3.63) is 12.2 Å². The van der Waals surface area contributed by atoms with Gasteiger partial charge in [0.05, 0.1) is 6.54 Å². The second kappa shape index (κ2) is 4.93. The number of fused-ring (bicyclic) bond motifs is 1. The molecule has 3 N–H and O–H groups in total. The van der Waals surface area contributed by atoms with E-state index < -0.39 is 0 Å². The molecule has 0 aromatic carbocycles. The first-order valence-electron chi connectivity index (χ1n) is 6.10. The molecule has 0 saturated carbocycles. The van der Waals surface area contributed by atoms with Crippen molar-refractivity contribution in [2.24, 2.45) is 16.3 Å².